The molecule has 6 heteroatoms. The summed E-state index contributed by atoms with van der Waals surface area (Å²) < 4.78 is 27.1. The van der Waals surface area contributed by atoms with Crippen LogP contribution in [0, 0.1) is 0 Å². The molecule has 6 nitrogen and oxygen atoms in total. The monoisotopic (exact) mass is 310 g/mol. The van der Waals surface area contributed by atoms with Crippen LogP contribution in [0.2, 0.25) is 0 Å². The van der Waals surface area contributed by atoms with Gasteiger partial charge in [0.05, 0.1) is 17.8 Å². The number of carbonyl (C=O) groups excluding carboxylic acids is 1. The van der Waals surface area contributed by atoms with Gasteiger partial charge in [0.1, 0.15) is 12.7 Å². The largest absolute Gasteiger partial charge is 0.459 e. The summed E-state index contributed by atoms with van der Waals surface area (Å²) in [6, 6.07) is 8.84. The molecular weight excluding hydrogens is 288 g/mol. The topological polar surface area (TPSA) is 63.2 Å². The van der Waals surface area contributed by atoms with Crippen LogP contribution >= 0.6 is 0 Å². The molecule has 1 aliphatic heterocycles. The highest BCUT2D eigenvalue weighted by molar-refractivity contribution is 5.89. The van der Waals surface area contributed by atoms with Crippen LogP contribution in [-0.4, -0.2) is 58.5 Å². The zero-order valence-corrected chi connectivity index (χ0v) is 13.1. The van der Waals surface area contributed by atoms with Crippen LogP contribution in [-0.2, 0) is 23.7 Å². The molecule has 0 N–H and O–H groups in total. The Morgan fingerprint density at radius 3 is 2.45 bits per heavy atom. The lowest BCUT2D eigenvalue weighted by atomic mass is 10.0. The molecule has 0 radical (unpaired) electrons. The van der Waals surface area contributed by atoms with Crippen LogP contribution in [0.25, 0.3) is 0 Å². The first kappa shape index (κ1) is 16.9. The molecule has 1 aromatic carbocycles. The fraction of sp³-hybridized carbons (Fsp3) is 0.562. The summed E-state index contributed by atoms with van der Waals surface area (Å²) in [6.07, 6.45) is -0.769. The summed E-state index contributed by atoms with van der Waals surface area (Å²) in [6.45, 7) is 0.143. The van der Waals surface area contributed by atoms with Crippen LogP contribution in [0.1, 0.15) is 16.8 Å². The molecule has 0 spiro atoms. The van der Waals surface area contributed by atoms with Crippen LogP contribution in [0.3, 0.4) is 0 Å². The summed E-state index contributed by atoms with van der Waals surface area (Å²) in [7, 11) is 4.74. The van der Waals surface area contributed by atoms with Crippen LogP contribution < -0.4 is 0 Å². The molecule has 4 atom stereocenters. The van der Waals surface area contributed by atoms with E-state index in [2.05, 4.69) is 0 Å². The molecule has 0 amide bonds. The Morgan fingerprint density at radius 1 is 1.14 bits per heavy atom. The highest BCUT2D eigenvalue weighted by atomic mass is 16.7. The summed E-state index contributed by atoms with van der Waals surface area (Å²) >= 11 is 0. The minimum absolute atomic E-state index is 0.143. The highest BCUT2D eigenvalue weighted by Gasteiger charge is 2.40. The summed E-state index contributed by atoms with van der Waals surface area (Å²) in [5.41, 5.74) is 0.514. The Balaban J connectivity index is 1.91. The van der Waals surface area contributed by atoms with E-state index in [9.17, 15) is 4.79 Å². The maximum atomic E-state index is 11.9. The van der Waals surface area contributed by atoms with Crippen molar-refractivity contribution in [3.63, 3.8) is 0 Å². The third-order valence-corrected chi connectivity index (χ3v) is 3.67. The third kappa shape index (κ3) is 4.04. The molecule has 1 saturated heterocycles. The van der Waals surface area contributed by atoms with Crippen molar-refractivity contribution in [3.8, 4) is 0 Å². The predicted molar refractivity (Wildman–Crippen MR) is 78.6 cm³/mol. The minimum atomic E-state index is -0.552. The molecule has 0 aliphatic carbocycles. The molecule has 0 aromatic heterocycles. The Kier molecular flexibility index (Phi) is 6.33. The van der Waals surface area contributed by atoms with E-state index in [0.717, 1.165) is 0 Å². The predicted octanol–water partition coefficient (Wildman–Crippen LogP) is 1.63. The maximum Gasteiger partial charge on any atom is 0.338 e. The van der Waals surface area contributed by atoms with Gasteiger partial charge >= 0.3 is 5.97 Å². The van der Waals surface area contributed by atoms with Gasteiger partial charge in [-0.05, 0) is 12.1 Å². The number of hydrogen-bond acceptors (Lipinski definition) is 6. The van der Waals surface area contributed by atoms with Crippen molar-refractivity contribution in [2.24, 2.45) is 0 Å². The third-order valence-electron chi connectivity index (χ3n) is 3.67. The molecular formula is C16H22O6. The van der Waals surface area contributed by atoms with E-state index >= 15 is 0 Å². The number of methoxy groups -OCH3 is 3. The first-order valence-corrected chi connectivity index (χ1v) is 7.15. The van der Waals surface area contributed by atoms with Gasteiger partial charge in [0.15, 0.2) is 6.29 Å². The highest BCUT2D eigenvalue weighted by Crippen LogP contribution is 2.25. The number of ether oxygens (including phenoxy) is 5. The number of hydrogen-bond donors (Lipinski definition) is 0. The van der Waals surface area contributed by atoms with Gasteiger partial charge in [-0.2, -0.15) is 0 Å². The van der Waals surface area contributed by atoms with Gasteiger partial charge in [-0.25, -0.2) is 4.79 Å². The fourth-order valence-corrected chi connectivity index (χ4v) is 2.51. The lowest BCUT2D eigenvalue weighted by Gasteiger charge is -2.39. The average molecular weight is 310 g/mol. The lowest BCUT2D eigenvalue weighted by molar-refractivity contribution is -0.271. The van der Waals surface area contributed by atoms with Gasteiger partial charge < -0.3 is 23.7 Å². The van der Waals surface area contributed by atoms with Crippen LogP contribution in [0.4, 0.5) is 0 Å². The molecule has 0 bridgehead atoms. The first-order valence-electron chi connectivity index (χ1n) is 7.15. The van der Waals surface area contributed by atoms with Crippen molar-refractivity contribution in [3.05, 3.63) is 35.9 Å². The smallest absolute Gasteiger partial charge is 0.338 e. The van der Waals surface area contributed by atoms with Gasteiger partial charge in [-0.15, -0.1) is 0 Å². The van der Waals surface area contributed by atoms with Crippen LogP contribution in [0.15, 0.2) is 30.3 Å². The SMILES string of the molecule is CO[C@H]1O[C@H](COC(=O)c2ccccc2)C[C@H](OC)[C@H]1OC. The second-order valence-corrected chi connectivity index (χ2v) is 5.04. The molecule has 1 heterocycles. The van der Waals surface area contributed by atoms with Crippen molar-refractivity contribution < 1.29 is 28.5 Å². The van der Waals surface area contributed by atoms with E-state index in [-0.39, 0.29) is 30.9 Å². The summed E-state index contributed by atoms with van der Waals surface area (Å²) in [4.78, 5) is 11.9. The summed E-state index contributed by atoms with van der Waals surface area (Å²) in [5, 5.41) is 0. The van der Waals surface area contributed by atoms with E-state index in [1.54, 1.807) is 45.6 Å². The number of rotatable bonds is 6. The number of benzene rings is 1. The first-order chi connectivity index (χ1) is 10.7. The molecule has 122 valence electrons. The van der Waals surface area contributed by atoms with Crippen LogP contribution in [0.5, 0.6) is 0 Å². The number of esters is 1. The average Bonchev–Trinajstić information content (AvgIpc) is 2.59. The maximum absolute atomic E-state index is 11.9. The minimum Gasteiger partial charge on any atom is -0.459 e. The van der Waals surface area contributed by atoms with E-state index < -0.39 is 6.29 Å². The standard InChI is InChI=1S/C16H22O6/c1-18-13-9-12(22-16(20-3)14(13)19-2)10-21-15(17)11-7-5-4-6-8-11/h4-8,12-14,16H,9-10H2,1-3H3/t12-,13-,14+,16-/m0/s1. The fourth-order valence-electron chi connectivity index (χ4n) is 2.51. The molecule has 22 heavy (non-hydrogen) atoms. The Hall–Kier alpha value is -1.47. The molecule has 0 unspecified atom stereocenters. The second-order valence-electron chi connectivity index (χ2n) is 5.04. The molecule has 1 aromatic rings. The normalized spacial score (nSPS) is 28.3. The number of carbonyl (C=O) groups is 1. The van der Waals surface area contributed by atoms with Gasteiger partial charge in [0, 0.05) is 27.8 Å². The summed E-state index contributed by atoms with van der Waals surface area (Å²) in [5.74, 6) is -0.374. The Morgan fingerprint density at radius 2 is 1.86 bits per heavy atom. The quantitative estimate of drug-likeness (QED) is 0.744. The molecule has 1 fully saturated rings. The molecule has 0 saturated carbocycles. The van der Waals surface area contributed by atoms with Gasteiger partial charge in [-0.3, -0.25) is 0 Å². The van der Waals surface area contributed by atoms with Crippen molar-refractivity contribution in [2.75, 3.05) is 27.9 Å². The van der Waals surface area contributed by atoms with E-state index in [0.29, 0.717) is 12.0 Å². The van der Waals surface area contributed by atoms with Crippen molar-refractivity contribution >= 4 is 5.97 Å². The van der Waals surface area contributed by atoms with E-state index in [1.165, 1.54) is 0 Å². The van der Waals surface area contributed by atoms with Crippen molar-refractivity contribution in [2.45, 2.75) is 31.0 Å². The van der Waals surface area contributed by atoms with Gasteiger partial charge in [0.2, 0.25) is 0 Å². The zero-order valence-electron chi connectivity index (χ0n) is 13.1. The second kappa shape index (κ2) is 8.24. The molecule has 1 aliphatic rings. The van der Waals surface area contributed by atoms with Crippen molar-refractivity contribution in [1.82, 2.24) is 0 Å². The zero-order chi connectivity index (χ0) is 15.9. The lowest BCUT2D eigenvalue weighted by Crippen LogP contribution is -2.52. The Labute approximate surface area is 130 Å². The van der Waals surface area contributed by atoms with E-state index in [1.807, 2.05) is 6.07 Å². The van der Waals surface area contributed by atoms with Crippen molar-refractivity contribution in [1.29, 1.82) is 0 Å². The Bertz CT molecular complexity index is 449. The van der Waals surface area contributed by atoms with E-state index in [4.69, 9.17) is 23.7 Å². The molecule has 2 rings (SSSR count). The van der Waals surface area contributed by atoms with Gasteiger partial charge in [0.25, 0.3) is 0 Å². The van der Waals surface area contributed by atoms with Gasteiger partial charge in [-0.1, -0.05) is 18.2 Å².